The van der Waals surface area contributed by atoms with Gasteiger partial charge in [-0.15, -0.1) is 0 Å². The van der Waals surface area contributed by atoms with Crippen molar-refractivity contribution in [2.75, 3.05) is 10.6 Å². The summed E-state index contributed by atoms with van der Waals surface area (Å²) in [6.45, 7) is 0. The number of imidazole rings is 1. The summed E-state index contributed by atoms with van der Waals surface area (Å²) in [4.78, 5) is 15.9. The van der Waals surface area contributed by atoms with Crippen LogP contribution < -0.4 is 10.6 Å². The van der Waals surface area contributed by atoms with E-state index in [9.17, 15) is 18.0 Å². The van der Waals surface area contributed by atoms with Gasteiger partial charge in [0.15, 0.2) is 10.3 Å². The van der Waals surface area contributed by atoms with Crippen LogP contribution in [0.3, 0.4) is 0 Å². The first kappa shape index (κ1) is 19.1. The Morgan fingerprint density at radius 1 is 0.926 bits per heavy atom. The largest absolute Gasteiger partial charge is 0.416 e. The van der Waals surface area contributed by atoms with Crippen LogP contribution in [0.4, 0.5) is 29.3 Å². The van der Waals surface area contributed by atoms with Crippen molar-refractivity contribution in [3.63, 3.8) is 0 Å². The summed E-state index contributed by atoms with van der Waals surface area (Å²) in [7, 11) is 0. The van der Waals surface area contributed by atoms with Gasteiger partial charge in [-0.25, -0.2) is 9.78 Å². The molecule has 27 heavy (non-hydrogen) atoms. The van der Waals surface area contributed by atoms with Gasteiger partial charge in [0.1, 0.15) is 6.33 Å². The molecule has 5 nitrogen and oxygen atoms in total. The smallest absolute Gasteiger partial charge is 0.308 e. The average Bonchev–Trinajstić information content (AvgIpc) is 2.94. The van der Waals surface area contributed by atoms with Gasteiger partial charge in [-0.05, 0) is 48.5 Å². The molecule has 2 N–H and O–H groups in total. The molecule has 140 valence electrons. The second kappa shape index (κ2) is 7.50. The Bertz CT molecular complexity index is 954. The molecular formula is C17H11Cl2F3N4O. The Hall–Kier alpha value is -2.71. The Morgan fingerprint density at radius 2 is 1.44 bits per heavy atom. The maximum atomic E-state index is 12.5. The number of carbonyl (C=O) groups excluding carboxylic acids is 1. The van der Waals surface area contributed by atoms with E-state index in [1.807, 2.05) is 0 Å². The van der Waals surface area contributed by atoms with E-state index in [-0.39, 0.29) is 16.0 Å². The van der Waals surface area contributed by atoms with Gasteiger partial charge in [0, 0.05) is 17.1 Å². The van der Waals surface area contributed by atoms with Gasteiger partial charge in [0.2, 0.25) is 0 Å². The number of hydrogen-bond acceptors (Lipinski definition) is 2. The van der Waals surface area contributed by atoms with Crippen LogP contribution in [0, 0.1) is 0 Å². The summed E-state index contributed by atoms with van der Waals surface area (Å²) in [5, 5.41) is 5.47. The lowest BCUT2D eigenvalue weighted by atomic mass is 10.2. The maximum Gasteiger partial charge on any atom is 0.416 e. The van der Waals surface area contributed by atoms with Crippen LogP contribution in [0.25, 0.3) is 5.69 Å². The highest BCUT2D eigenvalue weighted by Crippen LogP contribution is 2.30. The van der Waals surface area contributed by atoms with E-state index in [1.54, 1.807) is 28.8 Å². The molecule has 0 aliphatic rings. The number of anilines is 2. The molecule has 3 aromatic rings. The van der Waals surface area contributed by atoms with Crippen molar-refractivity contribution >= 4 is 40.6 Å². The van der Waals surface area contributed by atoms with Crippen LogP contribution in [0.15, 0.2) is 54.9 Å². The maximum absolute atomic E-state index is 12.5. The fourth-order valence-corrected chi connectivity index (χ4v) is 2.56. The molecule has 0 bridgehead atoms. The van der Waals surface area contributed by atoms with E-state index in [0.29, 0.717) is 11.4 Å². The predicted molar refractivity (Wildman–Crippen MR) is 97.7 cm³/mol. The van der Waals surface area contributed by atoms with E-state index in [0.717, 1.165) is 12.1 Å². The number of alkyl halides is 3. The van der Waals surface area contributed by atoms with Crippen LogP contribution in [0.1, 0.15) is 5.56 Å². The Kier molecular flexibility index (Phi) is 5.29. The zero-order valence-corrected chi connectivity index (χ0v) is 14.9. The van der Waals surface area contributed by atoms with Crippen LogP contribution in [0.2, 0.25) is 10.3 Å². The van der Waals surface area contributed by atoms with Crippen molar-refractivity contribution in [1.82, 2.24) is 9.55 Å². The second-order valence-electron chi connectivity index (χ2n) is 5.40. The van der Waals surface area contributed by atoms with Gasteiger partial charge < -0.3 is 10.6 Å². The van der Waals surface area contributed by atoms with Crippen LogP contribution in [-0.2, 0) is 6.18 Å². The molecule has 0 saturated carbocycles. The third kappa shape index (κ3) is 4.53. The molecule has 0 fully saturated rings. The van der Waals surface area contributed by atoms with E-state index in [4.69, 9.17) is 23.2 Å². The third-order valence-electron chi connectivity index (χ3n) is 3.54. The van der Waals surface area contributed by atoms with Gasteiger partial charge >= 0.3 is 12.2 Å². The van der Waals surface area contributed by atoms with Gasteiger partial charge in [-0.1, -0.05) is 23.2 Å². The molecule has 0 radical (unpaired) electrons. The monoisotopic (exact) mass is 414 g/mol. The lowest BCUT2D eigenvalue weighted by Gasteiger charge is -2.10. The molecule has 2 amide bonds. The van der Waals surface area contributed by atoms with Crippen LogP contribution in [-0.4, -0.2) is 15.6 Å². The van der Waals surface area contributed by atoms with Crippen molar-refractivity contribution in [3.8, 4) is 5.69 Å². The zero-order valence-electron chi connectivity index (χ0n) is 13.4. The molecule has 0 saturated heterocycles. The lowest BCUT2D eigenvalue weighted by Crippen LogP contribution is -2.19. The molecule has 1 heterocycles. The van der Waals surface area contributed by atoms with Crippen LogP contribution >= 0.6 is 23.2 Å². The normalized spacial score (nSPS) is 11.3. The Balaban J connectivity index is 1.63. The van der Waals surface area contributed by atoms with E-state index < -0.39 is 17.8 Å². The minimum absolute atomic E-state index is 0.176. The van der Waals surface area contributed by atoms with Crippen molar-refractivity contribution in [2.24, 2.45) is 0 Å². The standard InChI is InChI=1S/C17H11Cl2F3N4O/c18-14-15(19)26(9-23-14)13-7-5-12(6-8-13)25-16(27)24-11-3-1-10(2-4-11)17(20,21)22/h1-9H,(H2,24,25,27). The number of hydrogen-bond donors (Lipinski definition) is 2. The molecule has 0 atom stereocenters. The first-order valence-corrected chi connectivity index (χ1v) is 8.23. The number of rotatable bonds is 3. The molecule has 0 spiro atoms. The minimum atomic E-state index is -4.43. The summed E-state index contributed by atoms with van der Waals surface area (Å²) in [6.07, 6.45) is -2.96. The number of carbonyl (C=O) groups is 1. The SMILES string of the molecule is O=C(Nc1ccc(-n2cnc(Cl)c2Cl)cc1)Nc1ccc(C(F)(F)F)cc1. The predicted octanol–water partition coefficient (Wildman–Crippen LogP) is 5.84. The number of benzene rings is 2. The minimum Gasteiger partial charge on any atom is -0.308 e. The fraction of sp³-hybridized carbons (Fsp3) is 0.0588. The van der Waals surface area contributed by atoms with Crippen molar-refractivity contribution in [2.45, 2.75) is 6.18 Å². The summed E-state index contributed by atoms with van der Waals surface area (Å²) in [5.41, 5.74) is 0.609. The molecule has 10 heteroatoms. The summed E-state index contributed by atoms with van der Waals surface area (Å²) in [5.74, 6) is 0. The Labute approximate surface area is 161 Å². The summed E-state index contributed by atoms with van der Waals surface area (Å²) < 4.78 is 39.2. The number of halogens is 5. The van der Waals surface area contributed by atoms with Gasteiger partial charge in [0.25, 0.3) is 0 Å². The molecule has 0 aliphatic carbocycles. The first-order chi connectivity index (χ1) is 12.7. The summed E-state index contributed by atoms with van der Waals surface area (Å²) >= 11 is 11.8. The molecule has 0 aliphatic heterocycles. The third-order valence-corrected chi connectivity index (χ3v) is 4.28. The van der Waals surface area contributed by atoms with Crippen molar-refractivity contribution < 1.29 is 18.0 Å². The highest BCUT2D eigenvalue weighted by molar-refractivity contribution is 6.40. The topological polar surface area (TPSA) is 59.0 Å². The quantitative estimate of drug-likeness (QED) is 0.565. The van der Waals surface area contributed by atoms with Gasteiger partial charge in [-0.2, -0.15) is 13.2 Å². The first-order valence-electron chi connectivity index (χ1n) is 7.48. The number of nitrogens with zero attached hydrogens (tertiary/aromatic N) is 2. The van der Waals surface area contributed by atoms with Gasteiger partial charge in [-0.3, -0.25) is 4.57 Å². The molecule has 2 aromatic carbocycles. The second-order valence-corrected chi connectivity index (χ2v) is 6.11. The van der Waals surface area contributed by atoms with Crippen molar-refractivity contribution in [3.05, 3.63) is 70.7 Å². The van der Waals surface area contributed by atoms with E-state index in [1.165, 1.54) is 18.5 Å². The molecular weight excluding hydrogens is 404 g/mol. The zero-order chi connectivity index (χ0) is 19.6. The Morgan fingerprint density at radius 3 is 1.89 bits per heavy atom. The lowest BCUT2D eigenvalue weighted by molar-refractivity contribution is -0.137. The molecule has 0 unspecified atom stereocenters. The van der Waals surface area contributed by atoms with Crippen molar-refractivity contribution in [1.29, 1.82) is 0 Å². The highest BCUT2D eigenvalue weighted by Gasteiger charge is 2.29. The molecule has 3 rings (SSSR count). The fourth-order valence-electron chi connectivity index (χ4n) is 2.23. The number of nitrogens with one attached hydrogen (secondary N) is 2. The summed E-state index contributed by atoms with van der Waals surface area (Å²) in [6, 6.07) is 10.2. The number of urea groups is 1. The van der Waals surface area contributed by atoms with E-state index in [2.05, 4.69) is 15.6 Å². The van der Waals surface area contributed by atoms with E-state index >= 15 is 0 Å². The average molecular weight is 415 g/mol. The van der Waals surface area contributed by atoms with Gasteiger partial charge in [0.05, 0.1) is 5.56 Å². The molecule has 1 aromatic heterocycles. The highest BCUT2D eigenvalue weighted by atomic mass is 35.5. The van der Waals surface area contributed by atoms with Crippen LogP contribution in [0.5, 0.6) is 0 Å². The number of amides is 2. The number of aromatic nitrogens is 2.